The zero-order valence-corrected chi connectivity index (χ0v) is 9.53. The van der Waals surface area contributed by atoms with E-state index in [2.05, 4.69) is 5.32 Å². The molecule has 0 aliphatic rings. The topological polar surface area (TPSA) is 54.3 Å². The van der Waals surface area contributed by atoms with Crippen molar-refractivity contribution in [2.24, 2.45) is 7.05 Å². The van der Waals surface area contributed by atoms with Crippen LogP contribution in [0.4, 0.5) is 0 Å². The molecule has 0 saturated heterocycles. The van der Waals surface area contributed by atoms with Crippen LogP contribution in [0.15, 0.2) is 18.2 Å². The van der Waals surface area contributed by atoms with Gasteiger partial charge in [-0.2, -0.15) is 0 Å². The molecule has 2 N–H and O–H groups in total. The van der Waals surface area contributed by atoms with Crippen LogP contribution in [0.3, 0.4) is 0 Å². The minimum absolute atomic E-state index is 0.139. The number of hydrogen-bond acceptors (Lipinski definition) is 2. The fourth-order valence-corrected chi connectivity index (χ4v) is 2.00. The van der Waals surface area contributed by atoms with Crippen molar-refractivity contribution in [2.45, 2.75) is 6.92 Å². The highest BCUT2D eigenvalue weighted by atomic mass is 16.3. The molecule has 0 saturated carbocycles. The van der Waals surface area contributed by atoms with E-state index in [9.17, 15) is 9.90 Å². The number of rotatable bonds is 1. The average Bonchev–Trinajstić information content (AvgIpc) is 2.54. The average molecular weight is 218 g/mol. The molecule has 2 rings (SSSR count). The van der Waals surface area contributed by atoms with Gasteiger partial charge in [0, 0.05) is 19.8 Å². The fourth-order valence-electron chi connectivity index (χ4n) is 2.00. The van der Waals surface area contributed by atoms with Crippen molar-refractivity contribution in [3.63, 3.8) is 0 Å². The number of phenolic OH excluding ortho intramolecular Hbond substituents is 1. The number of aryl methyl sites for hydroxylation is 1. The van der Waals surface area contributed by atoms with Gasteiger partial charge < -0.3 is 15.0 Å². The summed E-state index contributed by atoms with van der Waals surface area (Å²) in [5.74, 6) is -0.0376. The molecule has 0 fully saturated rings. The Hall–Kier alpha value is -1.97. The Kier molecular flexibility index (Phi) is 2.34. The quantitative estimate of drug-likeness (QED) is 0.763. The van der Waals surface area contributed by atoms with E-state index in [0.29, 0.717) is 10.9 Å². The maximum atomic E-state index is 11.8. The smallest absolute Gasteiger partial charge is 0.253 e. The predicted molar refractivity (Wildman–Crippen MR) is 62.7 cm³/mol. The van der Waals surface area contributed by atoms with Crippen LogP contribution in [0, 0.1) is 6.92 Å². The maximum absolute atomic E-state index is 11.8. The van der Waals surface area contributed by atoms with Gasteiger partial charge in [0.15, 0.2) is 0 Å². The highest BCUT2D eigenvalue weighted by Gasteiger charge is 2.19. The van der Waals surface area contributed by atoms with Crippen LogP contribution in [-0.2, 0) is 7.05 Å². The van der Waals surface area contributed by atoms with E-state index in [1.165, 1.54) is 0 Å². The number of benzene rings is 1. The van der Waals surface area contributed by atoms with Crippen LogP contribution in [0.2, 0.25) is 0 Å². The number of nitrogens with zero attached hydrogens (tertiary/aromatic N) is 1. The van der Waals surface area contributed by atoms with Crippen LogP contribution in [0.5, 0.6) is 5.75 Å². The van der Waals surface area contributed by atoms with Crippen molar-refractivity contribution in [3.05, 3.63) is 29.5 Å². The summed E-state index contributed by atoms with van der Waals surface area (Å²) in [5, 5.41) is 13.0. The molecule has 84 valence electrons. The largest absolute Gasteiger partial charge is 0.507 e. The van der Waals surface area contributed by atoms with Crippen molar-refractivity contribution in [3.8, 4) is 5.75 Å². The van der Waals surface area contributed by atoms with Gasteiger partial charge in [0.1, 0.15) is 5.75 Å². The van der Waals surface area contributed by atoms with E-state index in [0.717, 1.165) is 11.2 Å². The van der Waals surface area contributed by atoms with Crippen molar-refractivity contribution < 1.29 is 9.90 Å². The Morgan fingerprint density at radius 3 is 2.75 bits per heavy atom. The molecule has 0 unspecified atom stereocenters. The first-order chi connectivity index (χ1) is 7.57. The second-order valence-corrected chi connectivity index (χ2v) is 3.77. The number of aromatic hydroxyl groups is 1. The van der Waals surface area contributed by atoms with E-state index < -0.39 is 0 Å². The van der Waals surface area contributed by atoms with Crippen molar-refractivity contribution in [1.82, 2.24) is 9.88 Å². The minimum Gasteiger partial charge on any atom is -0.507 e. The summed E-state index contributed by atoms with van der Waals surface area (Å²) in [7, 11) is 3.46. The Labute approximate surface area is 93.5 Å². The Morgan fingerprint density at radius 2 is 2.12 bits per heavy atom. The minimum atomic E-state index is -0.176. The Morgan fingerprint density at radius 1 is 1.44 bits per heavy atom. The summed E-state index contributed by atoms with van der Waals surface area (Å²) in [6.07, 6.45) is 0. The monoisotopic (exact) mass is 218 g/mol. The van der Waals surface area contributed by atoms with Gasteiger partial charge in [0.25, 0.3) is 5.91 Å². The lowest BCUT2D eigenvalue weighted by molar-refractivity contribution is 0.0963. The molecule has 2 aromatic rings. The van der Waals surface area contributed by atoms with Gasteiger partial charge in [-0.15, -0.1) is 0 Å². The maximum Gasteiger partial charge on any atom is 0.253 e. The van der Waals surface area contributed by atoms with Crippen LogP contribution < -0.4 is 5.32 Å². The number of fused-ring (bicyclic) bond motifs is 1. The number of nitrogens with one attached hydrogen (secondary N) is 1. The van der Waals surface area contributed by atoms with Gasteiger partial charge in [-0.1, -0.05) is 6.07 Å². The third-order valence-corrected chi connectivity index (χ3v) is 2.95. The first kappa shape index (κ1) is 10.5. The first-order valence-corrected chi connectivity index (χ1v) is 5.07. The molecule has 0 spiro atoms. The summed E-state index contributed by atoms with van der Waals surface area (Å²) >= 11 is 0. The number of carbonyl (C=O) groups is 1. The van der Waals surface area contributed by atoms with E-state index in [1.54, 1.807) is 19.2 Å². The molecular weight excluding hydrogens is 204 g/mol. The van der Waals surface area contributed by atoms with Crippen molar-refractivity contribution in [2.75, 3.05) is 7.05 Å². The normalized spacial score (nSPS) is 10.7. The summed E-state index contributed by atoms with van der Waals surface area (Å²) in [6, 6.07) is 5.24. The number of hydrogen-bond donors (Lipinski definition) is 2. The second kappa shape index (κ2) is 3.56. The number of carbonyl (C=O) groups excluding carboxylic acids is 1. The highest BCUT2D eigenvalue weighted by molar-refractivity contribution is 6.10. The van der Waals surface area contributed by atoms with E-state index in [4.69, 9.17) is 0 Å². The zero-order valence-electron chi connectivity index (χ0n) is 9.53. The molecule has 0 atom stereocenters. The number of amides is 1. The van der Waals surface area contributed by atoms with Gasteiger partial charge in [-0.05, 0) is 19.1 Å². The molecule has 4 heteroatoms. The Bertz CT molecular complexity index is 570. The molecule has 1 heterocycles. The predicted octanol–water partition coefficient (Wildman–Crippen LogP) is 1.55. The Balaban J connectivity index is 2.92. The molecule has 0 radical (unpaired) electrons. The third-order valence-electron chi connectivity index (χ3n) is 2.95. The van der Waals surface area contributed by atoms with Gasteiger partial charge >= 0.3 is 0 Å². The number of aromatic nitrogens is 1. The lowest BCUT2D eigenvalue weighted by atomic mass is 10.1. The molecule has 0 bridgehead atoms. The summed E-state index contributed by atoms with van der Waals surface area (Å²) in [4.78, 5) is 11.8. The molecule has 1 amide bonds. The van der Waals surface area contributed by atoms with Crippen LogP contribution in [0.1, 0.15) is 16.1 Å². The molecule has 1 aromatic heterocycles. The summed E-state index contributed by atoms with van der Waals surface area (Å²) in [5.41, 5.74) is 2.24. The number of phenols is 1. The van der Waals surface area contributed by atoms with Gasteiger partial charge in [-0.3, -0.25) is 4.79 Å². The van der Waals surface area contributed by atoms with Crippen molar-refractivity contribution >= 4 is 16.8 Å². The summed E-state index contributed by atoms with van der Waals surface area (Å²) in [6.45, 7) is 1.87. The second-order valence-electron chi connectivity index (χ2n) is 3.77. The van der Waals surface area contributed by atoms with Crippen LogP contribution in [-0.4, -0.2) is 22.6 Å². The van der Waals surface area contributed by atoms with E-state index in [1.807, 2.05) is 24.6 Å². The SMILES string of the molecule is CNC(=O)c1c(C)n(C)c2cccc(O)c12. The van der Waals surface area contributed by atoms with Crippen LogP contribution in [0.25, 0.3) is 10.9 Å². The lowest BCUT2D eigenvalue weighted by Gasteiger charge is -2.00. The van der Waals surface area contributed by atoms with Gasteiger partial charge in [0.2, 0.25) is 0 Å². The van der Waals surface area contributed by atoms with E-state index >= 15 is 0 Å². The van der Waals surface area contributed by atoms with Crippen LogP contribution >= 0.6 is 0 Å². The van der Waals surface area contributed by atoms with Gasteiger partial charge in [0.05, 0.1) is 16.5 Å². The molecule has 16 heavy (non-hydrogen) atoms. The molecule has 4 nitrogen and oxygen atoms in total. The third kappa shape index (κ3) is 1.26. The molecule has 1 aromatic carbocycles. The molecule has 0 aliphatic carbocycles. The van der Waals surface area contributed by atoms with E-state index in [-0.39, 0.29) is 11.7 Å². The fraction of sp³-hybridized carbons (Fsp3) is 0.250. The standard InChI is InChI=1S/C12H14N2O2/c1-7-10(12(16)13-2)11-8(14(7)3)5-4-6-9(11)15/h4-6,15H,1-3H3,(H,13,16). The molecule has 0 aliphatic heterocycles. The van der Waals surface area contributed by atoms with Gasteiger partial charge in [-0.25, -0.2) is 0 Å². The van der Waals surface area contributed by atoms with Crippen molar-refractivity contribution in [1.29, 1.82) is 0 Å². The highest BCUT2D eigenvalue weighted by Crippen LogP contribution is 2.31. The summed E-state index contributed by atoms with van der Waals surface area (Å²) < 4.78 is 1.90. The zero-order chi connectivity index (χ0) is 11.9. The first-order valence-electron chi connectivity index (χ1n) is 5.07. The lowest BCUT2D eigenvalue weighted by Crippen LogP contribution is -2.18. The molecular formula is C12H14N2O2.